The van der Waals surface area contributed by atoms with Crippen LogP contribution in [-0.4, -0.2) is 20.3 Å². The Labute approximate surface area is 174 Å². The molecule has 150 valence electrons. The fourth-order valence-corrected chi connectivity index (χ4v) is 3.20. The number of benzene rings is 1. The van der Waals surface area contributed by atoms with Gasteiger partial charge in [0, 0.05) is 35.4 Å². The van der Waals surface area contributed by atoms with Crippen molar-refractivity contribution >= 4 is 22.9 Å². The second-order valence-electron chi connectivity index (χ2n) is 7.10. The predicted octanol–water partition coefficient (Wildman–Crippen LogP) is 5.45. The molecule has 30 heavy (non-hydrogen) atoms. The third kappa shape index (κ3) is 3.80. The van der Waals surface area contributed by atoms with Gasteiger partial charge in [-0.3, -0.25) is 9.20 Å². The molecule has 0 atom stereocenters. The van der Waals surface area contributed by atoms with Crippen molar-refractivity contribution in [2.24, 2.45) is 0 Å². The van der Waals surface area contributed by atoms with E-state index >= 15 is 0 Å². The van der Waals surface area contributed by atoms with Crippen LogP contribution in [0.4, 0.5) is 5.69 Å². The first-order valence-corrected chi connectivity index (χ1v) is 9.60. The molecule has 0 spiro atoms. The van der Waals surface area contributed by atoms with Gasteiger partial charge < -0.3 is 9.73 Å². The summed E-state index contributed by atoms with van der Waals surface area (Å²) >= 11 is 0. The molecule has 0 aliphatic heterocycles. The molecule has 1 aromatic carbocycles. The van der Waals surface area contributed by atoms with Crippen molar-refractivity contribution in [1.29, 1.82) is 0 Å². The number of hydrogen-bond donors (Lipinski definition) is 1. The summed E-state index contributed by atoms with van der Waals surface area (Å²) in [5, 5.41) is 2.88. The zero-order chi connectivity index (χ0) is 21.3. The Morgan fingerprint density at radius 2 is 2.03 bits per heavy atom. The maximum absolute atomic E-state index is 12.4. The van der Waals surface area contributed by atoms with E-state index in [9.17, 15) is 4.79 Å². The Bertz CT molecular complexity index is 1290. The van der Waals surface area contributed by atoms with Crippen LogP contribution in [0.2, 0.25) is 0 Å². The van der Waals surface area contributed by atoms with E-state index in [1.165, 1.54) is 0 Å². The second kappa shape index (κ2) is 7.83. The fourth-order valence-electron chi connectivity index (χ4n) is 3.20. The van der Waals surface area contributed by atoms with Crippen LogP contribution in [0, 0.1) is 13.8 Å². The Kier molecular flexibility index (Phi) is 5.06. The average Bonchev–Trinajstić information content (AvgIpc) is 3.35. The van der Waals surface area contributed by atoms with Gasteiger partial charge in [-0.2, -0.15) is 0 Å². The number of hydrogen-bond acceptors (Lipinski definition) is 4. The largest absolute Gasteiger partial charge is 0.456 e. The second-order valence-corrected chi connectivity index (χ2v) is 7.10. The van der Waals surface area contributed by atoms with E-state index in [-0.39, 0.29) is 11.7 Å². The third-order valence-electron chi connectivity index (χ3n) is 4.78. The zero-order valence-electron chi connectivity index (χ0n) is 17.1. The summed E-state index contributed by atoms with van der Waals surface area (Å²) in [5.74, 6) is 1.28. The van der Waals surface area contributed by atoms with Gasteiger partial charge >= 0.3 is 0 Å². The van der Waals surface area contributed by atoms with E-state index < -0.39 is 0 Å². The van der Waals surface area contributed by atoms with Crippen LogP contribution in [0.3, 0.4) is 0 Å². The molecular weight excluding hydrogens is 376 g/mol. The van der Waals surface area contributed by atoms with Crippen molar-refractivity contribution in [2.75, 3.05) is 5.32 Å². The van der Waals surface area contributed by atoms with Gasteiger partial charge in [0.1, 0.15) is 5.76 Å². The Morgan fingerprint density at radius 3 is 2.77 bits per heavy atom. The quantitative estimate of drug-likeness (QED) is 0.454. The molecule has 4 rings (SSSR count). The highest BCUT2D eigenvalue weighted by molar-refractivity contribution is 6.02. The molecule has 6 nitrogen and oxygen atoms in total. The number of nitrogens with one attached hydrogen (secondary N) is 1. The van der Waals surface area contributed by atoms with Crippen LogP contribution in [0.25, 0.3) is 22.6 Å². The van der Waals surface area contributed by atoms with Crippen LogP contribution in [0.1, 0.15) is 34.4 Å². The van der Waals surface area contributed by atoms with Gasteiger partial charge in [-0.25, -0.2) is 9.97 Å². The van der Waals surface area contributed by atoms with E-state index in [0.29, 0.717) is 17.2 Å². The minimum absolute atomic E-state index is 0.278. The van der Waals surface area contributed by atoms with Gasteiger partial charge in [0.05, 0.1) is 5.69 Å². The summed E-state index contributed by atoms with van der Waals surface area (Å²) < 4.78 is 7.28. The number of imidazole rings is 1. The van der Waals surface area contributed by atoms with Crippen molar-refractivity contribution in [3.63, 3.8) is 0 Å². The van der Waals surface area contributed by atoms with Crippen LogP contribution >= 0.6 is 0 Å². The number of aryl methyl sites for hydroxylation is 2. The molecule has 0 aliphatic carbocycles. The van der Waals surface area contributed by atoms with Crippen molar-refractivity contribution in [1.82, 2.24) is 14.4 Å². The first-order valence-electron chi connectivity index (χ1n) is 9.60. The van der Waals surface area contributed by atoms with E-state index in [1.807, 2.05) is 61.0 Å². The number of fused-ring (bicyclic) bond motifs is 1. The maximum Gasteiger partial charge on any atom is 0.291 e. The summed E-state index contributed by atoms with van der Waals surface area (Å²) in [6, 6.07) is 9.14. The van der Waals surface area contributed by atoms with Gasteiger partial charge in [-0.1, -0.05) is 24.8 Å². The number of nitrogens with zero attached hydrogens (tertiary/aromatic N) is 3. The number of allylic oxidation sites excluding steroid dienone is 3. The maximum atomic E-state index is 12.4. The van der Waals surface area contributed by atoms with E-state index in [2.05, 4.69) is 21.9 Å². The molecule has 0 saturated carbocycles. The summed E-state index contributed by atoms with van der Waals surface area (Å²) in [7, 11) is 0. The molecule has 0 aliphatic rings. The van der Waals surface area contributed by atoms with Crippen LogP contribution in [0.15, 0.2) is 72.1 Å². The summed E-state index contributed by atoms with van der Waals surface area (Å²) in [6.45, 7) is 9.82. The minimum atomic E-state index is -0.290. The molecule has 0 bridgehead atoms. The predicted molar refractivity (Wildman–Crippen MR) is 118 cm³/mol. The van der Waals surface area contributed by atoms with Crippen molar-refractivity contribution in [3.8, 4) is 11.3 Å². The smallest absolute Gasteiger partial charge is 0.291 e. The minimum Gasteiger partial charge on any atom is -0.456 e. The van der Waals surface area contributed by atoms with E-state index in [1.54, 1.807) is 25.3 Å². The average molecular weight is 398 g/mol. The first kappa shape index (κ1) is 19.4. The number of anilines is 1. The highest BCUT2D eigenvalue weighted by Gasteiger charge is 2.13. The SMILES string of the molecule is C=C(C=CC)c1cnc2nc(-c3cc(NC(=O)c4ccc(C)o4)ccc3C)cn2c1. The Hall–Kier alpha value is -3.93. The molecule has 6 heteroatoms. The number of aromatic nitrogens is 3. The highest BCUT2D eigenvalue weighted by atomic mass is 16.3. The number of furan rings is 1. The molecule has 0 fully saturated rings. The van der Waals surface area contributed by atoms with Crippen molar-refractivity contribution in [3.05, 3.63) is 90.3 Å². The molecule has 3 aromatic heterocycles. The Balaban J connectivity index is 1.66. The van der Waals surface area contributed by atoms with E-state index in [4.69, 9.17) is 4.42 Å². The number of amides is 1. The van der Waals surface area contributed by atoms with Gasteiger partial charge in [0.25, 0.3) is 5.91 Å². The van der Waals surface area contributed by atoms with Crippen molar-refractivity contribution < 1.29 is 9.21 Å². The number of carbonyl (C=O) groups is 1. The first-order chi connectivity index (χ1) is 14.4. The van der Waals surface area contributed by atoms with E-state index in [0.717, 1.165) is 28.0 Å². The topological polar surface area (TPSA) is 72.4 Å². The van der Waals surface area contributed by atoms with Gasteiger partial charge in [0.2, 0.25) is 5.78 Å². The lowest BCUT2D eigenvalue weighted by molar-refractivity contribution is 0.0995. The van der Waals surface area contributed by atoms with Crippen LogP contribution in [-0.2, 0) is 0 Å². The normalized spacial score (nSPS) is 11.3. The molecule has 4 aromatic rings. The molecular formula is C24H22N4O2. The highest BCUT2D eigenvalue weighted by Crippen LogP contribution is 2.27. The molecule has 1 N–H and O–H groups in total. The van der Waals surface area contributed by atoms with Gasteiger partial charge in [-0.15, -0.1) is 0 Å². The number of rotatable bonds is 5. The zero-order valence-corrected chi connectivity index (χ0v) is 17.1. The van der Waals surface area contributed by atoms with Crippen LogP contribution in [0.5, 0.6) is 0 Å². The lowest BCUT2D eigenvalue weighted by Gasteiger charge is -2.08. The summed E-state index contributed by atoms with van der Waals surface area (Å²) in [6.07, 6.45) is 9.54. The van der Waals surface area contributed by atoms with Gasteiger partial charge in [0.15, 0.2) is 5.76 Å². The van der Waals surface area contributed by atoms with Gasteiger partial charge in [-0.05, 0) is 56.2 Å². The molecule has 0 saturated heterocycles. The monoisotopic (exact) mass is 398 g/mol. The summed E-state index contributed by atoms with van der Waals surface area (Å²) in [4.78, 5) is 21.5. The molecule has 0 unspecified atom stereocenters. The molecule has 0 radical (unpaired) electrons. The molecule has 1 amide bonds. The lowest BCUT2D eigenvalue weighted by atomic mass is 10.1. The fraction of sp³-hybridized carbons (Fsp3) is 0.125. The lowest BCUT2D eigenvalue weighted by Crippen LogP contribution is -2.11. The molecule has 3 heterocycles. The standard InChI is InChI=1S/C24H22N4O2/c1-5-6-15(2)18-12-25-24-27-21(14-28(24)13-18)20-11-19(9-7-16(20)3)26-23(29)22-10-8-17(4)30-22/h5-14H,2H2,1,3-4H3,(H,26,29). The van der Waals surface area contributed by atoms with Crippen LogP contribution < -0.4 is 5.32 Å². The Morgan fingerprint density at radius 1 is 1.20 bits per heavy atom. The number of carbonyl (C=O) groups excluding carboxylic acids is 1. The third-order valence-corrected chi connectivity index (χ3v) is 4.78. The van der Waals surface area contributed by atoms with Crippen molar-refractivity contribution in [2.45, 2.75) is 20.8 Å². The summed E-state index contributed by atoms with van der Waals surface area (Å²) in [5.41, 5.74) is 5.22.